The van der Waals surface area contributed by atoms with Crippen LogP contribution in [0.5, 0.6) is 11.5 Å². The molecule has 0 fully saturated rings. The molecule has 1 amide bonds. The Labute approximate surface area is 161 Å². The molecule has 0 aliphatic carbocycles. The first-order valence-corrected chi connectivity index (χ1v) is 9.12. The van der Waals surface area contributed by atoms with E-state index in [0.29, 0.717) is 24.7 Å². The van der Waals surface area contributed by atoms with Crippen LogP contribution in [0.3, 0.4) is 0 Å². The third-order valence-electron chi connectivity index (χ3n) is 3.27. The van der Waals surface area contributed by atoms with E-state index in [0.717, 1.165) is 15.7 Å². The molecule has 2 rings (SSSR count). The fourth-order valence-corrected chi connectivity index (χ4v) is 2.38. The van der Waals surface area contributed by atoms with Gasteiger partial charge in [0.1, 0.15) is 0 Å². The molecule has 0 aliphatic heterocycles. The molecule has 0 radical (unpaired) electrons. The van der Waals surface area contributed by atoms with Gasteiger partial charge in [0, 0.05) is 10.2 Å². The van der Waals surface area contributed by atoms with Gasteiger partial charge in [0.05, 0.1) is 26.0 Å². The van der Waals surface area contributed by atoms with E-state index < -0.39 is 0 Å². The number of rotatable bonds is 9. The number of nitrogens with zero attached hydrogens (tertiary/aromatic N) is 1. The van der Waals surface area contributed by atoms with Crippen LogP contribution in [0.1, 0.15) is 19.4 Å². The second kappa shape index (κ2) is 10.5. The third-order valence-corrected chi connectivity index (χ3v) is 3.80. The molecule has 0 spiro atoms. The lowest BCUT2D eigenvalue weighted by Crippen LogP contribution is -2.25. The number of ether oxygens (including phenoxy) is 2. The minimum atomic E-state index is -0.236. The number of anilines is 1. The van der Waals surface area contributed by atoms with Crippen molar-refractivity contribution in [1.82, 2.24) is 5.43 Å². The van der Waals surface area contributed by atoms with E-state index in [4.69, 9.17) is 9.47 Å². The molecule has 7 heteroatoms. The zero-order valence-corrected chi connectivity index (χ0v) is 16.4. The van der Waals surface area contributed by atoms with Crippen molar-refractivity contribution in [2.24, 2.45) is 5.10 Å². The molecule has 0 saturated carbocycles. The number of benzene rings is 2. The molecule has 26 heavy (non-hydrogen) atoms. The summed E-state index contributed by atoms with van der Waals surface area (Å²) in [7, 11) is 0. The molecular weight excluding hydrogens is 398 g/mol. The number of carbonyl (C=O) groups excluding carboxylic acids is 1. The van der Waals surface area contributed by atoms with Gasteiger partial charge < -0.3 is 14.8 Å². The smallest absolute Gasteiger partial charge is 0.259 e. The van der Waals surface area contributed by atoms with Gasteiger partial charge in [0.25, 0.3) is 5.91 Å². The van der Waals surface area contributed by atoms with E-state index in [1.807, 2.05) is 56.3 Å². The summed E-state index contributed by atoms with van der Waals surface area (Å²) < 4.78 is 12.1. The summed E-state index contributed by atoms with van der Waals surface area (Å²) in [6.07, 6.45) is 1.57. The van der Waals surface area contributed by atoms with Crippen LogP contribution in [0.2, 0.25) is 0 Å². The monoisotopic (exact) mass is 419 g/mol. The SMILES string of the molecule is CCOc1ccc(/C=N\NC(=O)CNc2ccc(Br)cc2)cc1OCC. The number of hydrazone groups is 1. The topological polar surface area (TPSA) is 72.0 Å². The van der Waals surface area contributed by atoms with Crippen molar-refractivity contribution < 1.29 is 14.3 Å². The summed E-state index contributed by atoms with van der Waals surface area (Å²) >= 11 is 3.37. The largest absolute Gasteiger partial charge is 0.490 e. The van der Waals surface area contributed by atoms with E-state index in [1.165, 1.54) is 0 Å². The number of amides is 1. The number of hydrogen-bond acceptors (Lipinski definition) is 5. The Kier molecular flexibility index (Phi) is 7.95. The van der Waals surface area contributed by atoms with Gasteiger partial charge in [0.2, 0.25) is 0 Å². The second-order valence-electron chi connectivity index (χ2n) is 5.23. The summed E-state index contributed by atoms with van der Waals surface area (Å²) in [5, 5.41) is 7.00. The predicted octanol–water partition coefficient (Wildman–Crippen LogP) is 3.81. The Bertz CT molecular complexity index is 748. The standard InChI is InChI=1S/C19H22BrN3O3/c1-3-25-17-10-5-14(11-18(17)26-4-2)12-22-23-19(24)13-21-16-8-6-15(20)7-9-16/h5-12,21H,3-4,13H2,1-2H3,(H,23,24)/b22-12-. The lowest BCUT2D eigenvalue weighted by Gasteiger charge is -2.11. The van der Waals surface area contributed by atoms with Gasteiger partial charge >= 0.3 is 0 Å². The second-order valence-corrected chi connectivity index (χ2v) is 6.14. The Hall–Kier alpha value is -2.54. The molecular formula is C19H22BrN3O3. The first-order valence-electron chi connectivity index (χ1n) is 8.33. The highest BCUT2D eigenvalue weighted by Gasteiger charge is 2.05. The van der Waals surface area contributed by atoms with Crippen molar-refractivity contribution >= 4 is 33.7 Å². The molecule has 0 saturated heterocycles. The molecule has 2 aromatic rings. The van der Waals surface area contributed by atoms with Crippen LogP contribution in [0.15, 0.2) is 52.0 Å². The van der Waals surface area contributed by atoms with Gasteiger partial charge in [-0.2, -0.15) is 5.10 Å². The maximum Gasteiger partial charge on any atom is 0.259 e. The molecule has 2 aromatic carbocycles. The molecule has 0 bridgehead atoms. The summed E-state index contributed by atoms with van der Waals surface area (Å²) in [5.74, 6) is 1.11. The minimum absolute atomic E-state index is 0.131. The molecule has 6 nitrogen and oxygen atoms in total. The van der Waals surface area contributed by atoms with Crippen LogP contribution < -0.4 is 20.2 Å². The van der Waals surface area contributed by atoms with Gasteiger partial charge in [-0.05, 0) is 61.9 Å². The number of carbonyl (C=O) groups is 1. The Morgan fingerprint density at radius 3 is 2.46 bits per heavy atom. The lowest BCUT2D eigenvalue weighted by molar-refractivity contribution is -0.119. The average molecular weight is 420 g/mol. The fraction of sp³-hybridized carbons (Fsp3) is 0.263. The average Bonchev–Trinajstić information content (AvgIpc) is 2.64. The minimum Gasteiger partial charge on any atom is -0.490 e. The molecule has 0 aromatic heterocycles. The summed E-state index contributed by atoms with van der Waals surface area (Å²) in [5.41, 5.74) is 4.16. The Morgan fingerprint density at radius 1 is 1.08 bits per heavy atom. The Morgan fingerprint density at radius 2 is 1.77 bits per heavy atom. The van der Waals surface area contributed by atoms with Gasteiger partial charge in [-0.15, -0.1) is 0 Å². The summed E-state index contributed by atoms with van der Waals surface area (Å²) in [6.45, 7) is 5.07. The molecule has 0 heterocycles. The molecule has 0 unspecified atom stereocenters. The van der Waals surface area contributed by atoms with E-state index in [1.54, 1.807) is 6.21 Å². The quantitative estimate of drug-likeness (QED) is 0.478. The highest BCUT2D eigenvalue weighted by Crippen LogP contribution is 2.27. The van der Waals surface area contributed by atoms with Gasteiger partial charge in [-0.3, -0.25) is 4.79 Å². The van der Waals surface area contributed by atoms with E-state index in [2.05, 4.69) is 31.8 Å². The van der Waals surface area contributed by atoms with Crippen molar-refractivity contribution in [2.75, 3.05) is 25.1 Å². The van der Waals surface area contributed by atoms with Gasteiger partial charge in [-0.25, -0.2) is 5.43 Å². The summed E-state index contributed by atoms with van der Waals surface area (Å²) in [6, 6.07) is 13.1. The zero-order chi connectivity index (χ0) is 18.8. The number of halogens is 1. The van der Waals surface area contributed by atoms with Crippen molar-refractivity contribution in [3.05, 3.63) is 52.5 Å². The molecule has 138 valence electrons. The van der Waals surface area contributed by atoms with Crippen LogP contribution in [0, 0.1) is 0 Å². The predicted molar refractivity (Wildman–Crippen MR) is 107 cm³/mol. The molecule has 2 N–H and O–H groups in total. The van der Waals surface area contributed by atoms with Gasteiger partial charge in [0.15, 0.2) is 11.5 Å². The van der Waals surface area contributed by atoms with E-state index >= 15 is 0 Å². The molecule has 0 atom stereocenters. The first kappa shape index (κ1) is 19.8. The van der Waals surface area contributed by atoms with Crippen LogP contribution in [-0.4, -0.2) is 31.9 Å². The van der Waals surface area contributed by atoms with Crippen LogP contribution in [0.4, 0.5) is 5.69 Å². The van der Waals surface area contributed by atoms with Crippen molar-refractivity contribution in [2.45, 2.75) is 13.8 Å². The highest BCUT2D eigenvalue weighted by atomic mass is 79.9. The maximum absolute atomic E-state index is 11.8. The van der Waals surface area contributed by atoms with Crippen molar-refractivity contribution in [1.29, 1.82) is 0 Å². The molecule has 0 aliphatic rings. The summed E-state index contributed by atoms with van der Waals surface area (Å²) in [4.78, 5) is 11.8. The van der Waals surface area contributed by atoms with E-state index in [9.17, 15) is 4.79 Å². The normalized spacial score (nSPS) is 10.6. The maximum atomic E-state index is 11.8. The number of hydrogen-bond donors (Lipinski definition) is 2. The van der Waals surface area contributed by atoms with Crippen LogP contribution in [-0.2, 0) is 4.79 Å². The van der Waals surface area contributed by atoms with Crippen LogP contribution >= 0.6 is 15.9 Å². The van der Waals surface area contributed by atoms with Crippen LogP contribution in [0.25, 0.3) is 0 Å². The van der Waals surface area contributed by atoms with Crippen molar-refractivity contribution in [3.63, 3.8) is 0 Å². The van der Waals surface area contributed by atoms with Crippen molar-refractivity contribution in [3.8, 4) is 11.5 Å². The fourth-order valence-electron chi connectivity index (χ4n) is 2.12. The Balaban J connectivity index is 1.87. The first-order chi connectivity index (χ1) is 12.6. The van der Waals surface area contributed by atoms with Gasteiger partial charge in [-0.1, -0.05) is 15.9 Å². The zero-order valence-electron chi connectivity index (χ0n) is 14.8. The lowest BCUT2D eigenvalue weighted by atomic mass is 10.2. The highest BCUT2D eigenvalue weighted by molar-refractivity contribution is 9.10. The third kappa shape index (κ3) is 6.40. The van der Waals surface area contributed by atoms with E-state index in [-0.39, 0.29) is 12.5 Å². The number of nitrogens with one attached hydrogen (secondary N) is 2.